The van der Waals surface area contributed by atoms with E-state index in [0.29, 0.717) is 10.9 Å². The first-order valence-corrected chi connectivity index (χ1v) is 10.0. The molecule has 0 aliphatic heterocycles. The van der Waals surface area contributed by atoms with Crippen LogP contribution in [-0.2, 0) is 0 Å². The molecule has 0 atom stereocenters. The molecule has 2 N–H and O–H groups in total. The van der Waals surface area contributed by atoms with Crippen LogP contribution in [0.25, 0.3) is 33.0 Å². The lowest BCUT2D eigenvalue weighted by Crippen LogP contribution is -2.01. The molecule has 0 fully saturated rings. The average Bonchev–Trinajstić information content (AvgIpc) is 2.74. The van der Waals surface area contributed by atoms with Crippen LogP contribution < -0.4 is 0 Å². The van der Waals surface area contributed by atoms with Crippen LogP contribution in [0.15, 0.2) is 83.8 Å². The van der Waals surface area contributed by atoms with Crippen LogP contribution in [0.4, 0.5) is 0 Å². The summed E-state index contributed by atoms with van der Waals surface area (Å²) in [5, 5.41) is 21.8. The number of hydrogen-bond acceptors (Lipinski definition) is 3. The molecular formula is C24H18O3S. The largest absolute Gasteiger partial charge is 0.507 e. The van der Waals surface area contributed by atoms with Crippen molar-refractivity contribution in [3.05, 3.63) is 84.4 Å². The molecule has 0 unspecified atom stereocenters. The van der Waals surface area contributed by atoms with Crippen LogP contribution >= 0.6 is 11.8 Å². The van der Waals surface area contributed by atoms with E-state index >= 15 is 0 Å². The molecular weight excluding hydrogens is 368 g/mol. The van der Waals surface area contributed by atoms with Gasteiger partial charge in [-0.1, -0.05) is 60.7 Å². The summed E-state index contributed by atoms with van der Waals surface area (Å²) in [6, 6.07) is 24.7. The average molecular weight is 386 g/mol. The minimum Gasteiger partial charge on any atom is -0.507 e. The van der Waals surface area contributed by atoms with Crippen molar-refractivity contribution in [1.82, 2.24) is 0 Å². The molecule has 4 aromatic carbocycles. The molecule has 0 bridgehead atoms. The highest BCUT2D eigenvalue weighted by molar-refractivity contribution is 7.98. The van der Waals surface area contributed by atoms with Gasteiger partial charge in [0.15, 0.2) is 0 Å². The number of carboxylic acid groups (broad SMARTS) is 1. The SMILES string of the molecule is CSc1cc2c(-c3ccccc3)c(C(=O)O)cc(O)c2cc1-c1ccccc1. The molecule has 0 aromatic heterocycles. The first-order valence-electron chi connectivity index (χ1n) is 8.82. The Balaban J connectivity index is 2.11. The number of fused-ring (bicyclic) bond motifs is 1. The van der Waals surface area contributed by atoms with Crippen LogP contribution in [0.2, 0.25) is 0 Å². The fraction of sp³-hybridized carbons (Fsp3) is 0.0417. The van der Waals surface area contributed by atoms with Gasteiger partial charge in [0.1, 0.15) is 5.75 Å². The van der Waals surface area contributed by atoms with E-state index < -0.39 is 5.97 Å². The Morgan fingerprint density at radius 3 is 2.00 bits per heavy atom. The van der Waals surface area contributed by atoms with Crippen molar-refractivity contribution in [2.75, 3.05) is 6.26 Å². The maximum atomic E-state index is 11.9. The predicted molar refractivity (Wildman–Crippen MR) is 115 cm³/mol. The van der Waals surface area contributed by atoms with Crippen molar-refractivity contribution in [1.29, 1.82) is 0 Å². The van der Waals surface area contributed by atoms with Gasteiger partial charge in [-0.3, -0.25) is 0 Å². The van der Waals surface area contributed by atoms with E-state index in [4.69, 9.17) is 0 Å². The van der Waals surface area contributed by atoms with E-state index in [1.807, 2.05) is 79.1 Å². The number of carboxylic acids is 1. The standard InChI is InChI=1S/C24H18O3S/c1-28-22-14-19-18(12-17(22)15-8-4-2-5-9-15)21(25)13-20(24(26)27)23(19)16-10-6-3-7-11-16/h2-14,25H,1H3,(H,26,27). The number of thioether (sulfide) groups is 1. The van der Waals surface area contributed by atoms with E-state index in [0.717, 1.165) is 27.0 Å². The summed E-state index contributed by atoms with van der Waals surface area (Å²) in [6.07, 6.45) is 2.00. The van der Waals surface area contributed by atoms with Gasteiger partial charge in [0.25, 0.3) is 0 Å². The van der Waals surface area contributed by atoms with Gasteiger partial charge >= 0.3 is 5.97 Å². The van der Waals surface area contributed by atoms with Crippen LogP contribution in [0.1, 0.15) is 10.4 Å². The number of hydrogen-bond donors (Lipinski definition) is 2. The Bertz CT molecular complexity index is 1170. The smallest absolute Gasteiger partial charge is 0.336 e. The van der Waals surface area contributed by atoms with Gasteiger partial charge in [0.2, 0.25) is 0 Å². The molecule has 0 amide bonds. The highest BCUT2D eigenvalue weighted by Crippen LogP contribution is 2.42. The molecule has 0 saturated carbocycles. The molecule has 0 heterocycles. The first kappa shape index (κ1) is 18.1. The maximum absolute atomic E-state index is 11.9. The third kappa shape index (κ3) is 3.12. The summed E-state index contributed by atoms with van der Waals surface area (Å²) in [5.41, 5.74) is 3.59. The third-order valence-corrected chi connectivity index (χ3v) is 5.59. The highest BCUT2D eigenvalue weighted by atomic mass is 32.2. The summed E-state index contributed by atoms with van der Waals surface area (Å²) >= 11 is 1.60. The molecule has 0 saturated heterocycles. The fourth-order valence-corrected chi connectivity index (χ4v) is 4.16. The minimum atomic E-state index is -1.06. The Labute approximate surface area is 167 Å². The molecule has 0 radical (unpaired) electrons. The number of rotatable bonds is 4. The molecule has 0 spiro atoms. The van der Waals surface area contributed by atoms with Crippen molar-refractivity contribution < 1.29 is 15.0 Å². The van der Waals surface area contributed by atoms with Crippen molar-refractivity contribution >= 4 is 28.5 Å². The van der Waals surface area contributed by atoms with Gasteiger partial charge in [-0.25, -0.2) is 4.79 Å². The third-order valence-electron chi connectivity index (χ3n) is 4.81. The van der Waals surface area contributed by atoms with E-state index in [9.17, 15) is 15.0 Å². The second-order valence-corrected chi connectivity index (χ2v) is 7.30. The zero-order valence-corrected chi connectivity index (χ0v) is 16.0. The number of carbonyl (C=O) groups is 1. The maximum Gasteiger partial charge on any atom is 0.336 e. The summed E-state index contributed by atoms with van der Waals surface area (Å²) in [7, 11) is 0. The van der Waals surface area contributed by atoms with Crippen molar-refractivity contribution in [2.45, 2.75) is 4.90 Å². The van der Waals surface area contributed by atoms with Gasteiger partial charge in [-0.2, -0.15) is 0 Å². The van der Waals surface area contributed by atoms with E-state index in [1.54, 1.807) is 11.8 Å². The molecule has 4 rings (SSSR count). The topological polar surface area (TPSA) is 57.5 Å². The summed E-state index contributed by atoms with van der Waals surface area (Å²) in [6.45, 7) is 0. The zero-order valence-electron chi connectivity index (χ0n) is 15.2. The number of benzene rings is 4. The Kier molecular flexibility index (Phi) is 4.80. The van der Waals surface area contributed by atoms with Gasteiger partial charge in [-0.05, 0) is 46.5 Å². The summed E-state index contributed by atoms with van der Waals surface area (Å²) < 4.78 is 0. The normalized spacial score (nSPS) is 10.9. The predicted octanol–water partition coefficient (Wildman–Crippen LogP) is 6.30. The Hall–Kier alpha value is -3.24. The lowest BCUT2D eigenvalue weighted by Gasteiger charge is -2.16. The van der Waals surface area contributed by atoms with Crippen molar-refractivity contribution in [3.8, 4) is 28.0 Å². The molecule has 3 nitrogen and oxygen atoms in total. The number of phenolic OH excluding ortho intramolecular Hbond substituents is 1. The van der Waals surface area contributed by atoms with Crippen molar-refractivity contribution in [2.24, 2.45) is 0 Å². The molecule has 28 heavy (non-hydrogen) atoms. The van der Waals surface area contributed by atoms with E-state index in [-0.39, 0.29) is 11.3 Å². The fourth-order valence-electron chi connectivity index (χ4n) is 3.53. The second kappa shape index (κ2) is 7.41. The van der Waals surface area contributed by atoms with Crippen molar-refractivity contribution in [3.63, 3.8) is 0 Å². The highest BCUT2D eigenvalue weighted by Gasteiger charge is 2.20. The molecule has 138 valence electrons. The van der Waals surface area contributed by atoms with Crippen LogP contribution in [0.3, 0.4) is 0 Å². The number of aromatic carboxylic acids is 1. The Morgan fingerprint density at radius 2 is 1.43 bits per heavy atom. The monoisotopic (exact) mass is 386 g/mol. The zero-order chi connectivity index (χ0) is 19.7. The Morgan fingerprint density at radius 1 is 0.821 bits per heavy atom. The lowest BCUT2D eigenvalue weighted by molar-refractivity contribution is 0.0697. The number of phenols is 1. The van der Waals surface area contributed by atoms with Crippen LogP contribution in [0.5, 0.6) is 5.75 Å². The molecule has 0 aliphatic carbocycles. The van der Waals surface area contributed by atoms with Gasteiger partial charge in [0, 0.05) is 15.8 Å². The molecule has 4 aromatic rings. The second-order valence-electron chi connectivity index (χ2n) is 6.45. The van der Waals surface area contributed by atoms with Crippen LogP contribution in [-0.4, -0.2) is 22.4 Å². The van der Waals surface area contributed by atoms with E-state index in [1.165, 1.54) is 6.07 Å². The molecule has 0 aliphatic rings. The van der Waals surface area contributed by atoms with E-state index in [2.05, 4.69) is 0 Å². The van der Waals surface area contributed by atoms with Gasteiger partial charge < -0.3 is 10.2 Å². The molecule has 4 heteroatoms. The lowest BCUT2D eigenvalue weighted by atomic mass is 9.90. The minimum absolute atomic E-state index is 0.0306. The summed E-state index contributed by atoms with van der Waals surface area (Å²) in [4.78, 5) is 12.9. The number of aromatic hydroxyl groups is 1. The van der Waals surface area contributed by atoms with Gasteiger partial charge in [0.05, 0.1) is 5.56 Å². The van der Waals surface area contributed by atoms with Gasteiger partial charge in [-0.15, -0.1) is 11.8 Å². The summed E-state index contributed by atoms with van der Waals surface area (Å²) in [5.74, 6) is -1.09. The quantitative estimate of drug-likeness (QED) is 0.404. The first-order chi connectivity index (χ1) is 13.6. The van der Waals surface area contributed by atoms with Crippen LogP contribution in [0, 0.1) is 0 Å².